The molecule has 0 aromatic carbocycles. The lowest BCUT2D eigenvalue weighted by atomic mass is 9.82. The smallest absolute Gasteiger partial charge is 0.167 e. The van der Waals surface area contributed by atoms with Gasteiger partial charge in [0.2, 0.25) is 0 Å². The summed E-state index contributed by atoms with van der Waals surface area (Å²) >= 11 is 5.82. The number of H-pyrrole nitrogens is 1. The Bertz CT molecular complexity index is 831. The molecular formula is C20H27ClFN5O. The van der Waals surface area contributed by atoms with Crippen LogP contribution in [0.2, 0.25) is 5.02 Å². The van der Waals surface area contributed by atoms with Crippen molar-refractivity contribution in [1.29, 1.82) is 0 Å². The summed E-state index contributed by atoms with van der Waals surface area (Å²) in [6.45, 7) is 6.00. The van der Waals surface area contributed by atoms with Crippen LogP contribution in [0.3, 0.4) is 0 Å². The number of nitrogens with zero attached hydrogens (tertiary/aromatic N) is 4. The molecular weight excluding hydrogens is 381 g/mol. The van der Waals surface area contributed by atoms with E-state index in [4.69, 9.17) is 11.6 Å². The van der Waals surface area contributed by atoms with Crippen LogP contribution >= 0.6 is 11.6 Å². The second-order valence-corrected chi connectivity index (χ2v) is 8.62. The van der Waals surface area contributed by atoms with Gasteiger partial charge in [-0.05, 0) is 18.4 Å². The second-order valence-electron chi connectivity index (χ2n) is 8.19. The van der Waals surface area contributed by atoms with Gasteiger partial charge in [0.15, 0.2) is 11.6 Å². The number of aryl methyl sites for hydroxylation is 1. The van der Waals surface area contributed by atoms with Crippen LogP contribution in [0.4, 0.5) is 10.2 Å². The van der Waals surface area contributed by atoms with Crippen LogP contribution < -0.4 is 4.90 Å². The fourth-order valence-corrected chi connectivity index (χ4v) is 4.78. The summed E-state index contributed by atoms with van der Waals surface area (Å²) in [6, 6.07) is 1.30. The van der Waals surface area contributed by atoms with E-state index in [1.807, 2.05) is 11.1 Å². The van der Waals surface area contributed by atoms with E-state index in [0.717, 1.165) is 50.4 Å². The molecule has 0 bridgehead atoms. The van der Waals surface area contributed by atoms with E-state index in [-0.39, 0.29) is 17.9 Å². The zero-order valence-corrected chi connectivity index (χ0v) is 16.9. The van der Waals surface area contributed by atoms with E-state index < -0.39 is 5.82 Å². The summed E-state index contributed by atoms with van der Waals surface area (Å²) in [5.74, 6) is 1.24. The first-order valence-electron chi connectivity index (χ1n) is 9.95. The Hall–Kier alpha value is -1.70. The van der Waals surface area contributed by atoms with Gasteiger partial charge in [-0.2, -0.15) is 0 Å². The van der Waals surface area contributed by atoms with Gasteiger partial charge < -0.3 is 15.0 Å². The molecule has 2 aliphatic heterocycles. The number of nitrogens with one attached hydrogen (secondary N) is 1. The van der Waals surface area contributed by atoms with Crippen LogP contribution in [0.25, 0.3) is 0 Å². The molecule has 2 fully saturated rings. The van der Waals surface area contributed by atoms with Gasteiger partial charge in [-0.15, -0.1) is 0 Å². The number of unbranched alkanes of at least 4 members (excludes halogenated alkanes) is 1. The van der Waals surface area contributed by atoms with Crippen molar-refractivity contribution in [2.45, 2.75) is 32.7 Å². The van der Waals surface area contributed by atoms with Gasteiger partial charge in [0.25, 0.3) is 0 Å². The van der Waals surface area contributed by atoms with E-state index in [1.165, 1.54) is 12.3 Å². The molecule has 2 saturated heterocycles. The van der Waals surface area contributed by atoms with Gasteiger partial charge in [0.05, 0.1) is 11.6 Å². The monoisotopic (exact) mass is 407 g/mol. The maximum atomic E-state index is 14.3. The number of hydrogen-bond acceptors (Lipinski definition) is 5. The maximum Gasteiger partial charge on any atom is 0.167 e. The first-order chi connectivity index (χ1) is 13.5. The summed E-state index contributed by atoms with van der Waals surface area (Å²) in [7, 11) is 0. The molecule has 4 rings (SSSR count). The molecule has 2 aromatic heterocycles. The Labute approximate surface area is 169 Å². The Morgan fingerprint density at radius 1 is 1.32 bits per heavy atom. The third kappa shape index (κ3) is 3.75. The highest BCUT2D eigenvalue weighted by Gasteiger charge is 2.52. The lowest BCUT2D eigenvalue weighted by Gasteiger charge is -2.27. The highest BCUT2D eigenvalue weighted by Crippen LogP contribution is 2.44. The molecule has 2 atom stereocenters. The average Bonchev–Trinajstić information content (AvgIpc) is 3.33. The van der Waals surface area contributed by atoms with Crippen molar-refractivity contribution in [2.75, 3.05) is 37.7 Å². The summed E-state index contributed by atoms with van der Waals surface area (Å²) in [5.41, 5.74) is 0.861. The third-order valence-corrected chi connectivity index (χ3v) is 6.28. The first-order valence-corrected chi connectivity index (χ1v) is 10.3. The Morgan fingerprint density at radius 2 is 2.18 bits per heavy atom. The largest absolute Gasteiger partial charge is 0.396 e. The number of likely N-dealkylation sites (tertiary alicyclic amines) is 1. The van der Waals surface area contributed by atoms with Crippen molar-refractivity contribution in [3.8, 4) is 0 Å². The van der Waals surface area contributed by atoms with Crippen molar-refractivity contribution in [1.82, 2.24) is 19.9 Å². The lowest BCUT2D eigenvalue weighted by molar-refractivity contribution is 0.125. The van der Waals surface area contributed by atoms with E-state index in [2.05, 4.69) is 26.8 Å². The maximum absolute atomic E-state index is 14.3. The minimum atomic E-state index is -0.408. The zero-order valence-electron chi connectivity index (χ0n) is 16.2. The number of aromatic nitrogens is 3. The number of rotatable bonds is 7. The normalized spacial score (nSPS) is 24.9. The average molecular weight is 408 g/mol. The highest BCUT2D eigenvalue weighted by atomic mass is 35.5. The fraction of sp³-hybridized carbons (Fsp3) is 0.600. The van der Waals surface area contributed by atoms with Crippen LogP contribution in [-0.2, 0) is 13.0 Å². The van der Waals surface area contributed by atoms with Crippen molar-refractivity contribution < 1.29 is 9.50 Å². The summed E-state index contributed by atoms with van der Waals surface area (Å²) in [6.07, 6.45) is 6.67. The quantitative estimate of drug-likeness (QED) is 0.738. The third-order valence-electron chi connectivity index (χ3n) is 6.07. The Balaban J connectivity index is 1.42. The van der Waals surface area contributed by atoms with Gasteiger partial charge in [-0.3, -0.25) is 4.90 Å². The number of aliphatic hydroxyl groups is 1. The van der Waals surface area contributed by atoms with Gasteiger partial charge in [-0.25, -0.2) is 14.4 Å². The minimum Gasteiger partial charge on any atom is -0.396 e. The Morgan fingerprint density at radius 3 is 2.89 bits per heavy atom. The summed E-state index contributed by atoms with van der Waals surface area (Å²) in [5, 5.41) is 10.5. The Kier molecular flexibility index (Phi) is 5.58. The topological polar surface area (TPSA) is 68.3 Å². The second kappa shape index (κ2) is 7.97. The predicted molar refractivity (Wildman–Crippen MR) is 107 cm³/mol. The molecule has 6 nitrogen and oxygen atoms in total. The number of aliphatic hydroxyl groups excluding tert-OH is 1. The van der Waals surface area contributed by atoms with Crippen LogP contribution in [-0.4, -0.2) is 57.7 Å². The van der Waals surface area contributed by atoms with Crippen LogP contribution in [0.5, 0.6) is 0 Å². The predicted octanol–water partition coefficient (Wildman–Crippen LogP) is 2.87. The van der Waals surface area contributed by atoms with Crippen LogP contribution in [0.15, 0.2) is 18.5 Å². The molecule has 2 unspecified atom stereocenters. The van der Waals surface area contributed by atoms with E-state index in [1.54, 1.807) is 0 Å². The highest BCUT2D eigenvalue weighted by molar-refractivity contribution is 6.30. The SMILES string of the molecule is CCCCc1ncc(CN2CC3CN(c4ncc(Cl)cc4F)CC3(CO)C2)[nH]1. The molecule has 0 amide bonds. The number of pyridine rings is 1. The van der Waals surface area contributed by atoms with E-state index in [0.29, 0.717) is 23.9 Å². The zero-order chi connectivity index (χ0) is 19.7. The number of hydrogen-bond donors (Lipinski definition) is 2. The molecule has 152 valence electrons. The van der Waals surface area contributed by atoms with Crippen LogP contribution in [0, 0.1) is 17.2 Å². The molecule has 0 radical (unpaired) electrons. The van der Waals surface area contributed by atoms with Gasteiger partial charge >= 0.3 is 0 Å². The standard InChI is InChI=1S/C20H27ClFN5O/c1-2-3-4-18-23-7-16(25-18)10-26-8-14-9-27(12-20(14,11-26)13-28)19-17(22)5-15(21)6-24-19/h5-7,14,28H,2-4,8-13H2,1H3,(H,23,25). The number of fused-ring (bicyclic) bond motifs is 1. The molecule has 0 saturated carbocycles. The molecule has 4 heterocycles. The summed E-state index contributed by atoms with van der Waals surface area (Å²) in [4.78, 5) is 16.4. The minimum absolute atomic E-state index is 0.0879. The van der Waals surface area contributed by atoms with Crippen molar-refractivity contribution >= 4 is 17.4 Å². The van der Waals surface area contributed by atoms with Gasteiger partial charge in [0, 0.05) is 62.6 Å². The number of aromatic amines is 1. The molecule has 2 N–H and O–H groups in total. The number of imidazole rings is 1. The van der Waals surface area contributed by atoms with E-state index >= 15 is 0 Å². The molecule has 2 aliphatic rings. The van der Waals surface area contributed by atoms with Gasteiger partial charge in [0.1, 0.15) is 5.82 Å². The lowest BCUT2D eigenvalue weighted by Crippen LogP contribution is -2.37. The van der Waals surface area contributed by atoms with Crippen molar-refractivity contribution in [2.24, 2.45) is 11.3 Å². The van der Waals surface area contributed by atoms with Crippen LogP contribution in [0.1, 0.15) is 31.3 Å². The van der Waals surface area contributed by atoms with Crippen molar-refractivity contribution in [3.05, 3.63) is 40.8 Å². The molecule has 0 spiro atoms. The summed E-state index contributed by atoms with van der Waals surface area (Å²) < 4.78 is 14.3. The number of anilines is 1. The van der Waals surface area contributed by atoms with E-state index in [9.17, 15) is 9.50 Å². The molecule has 28 heavy (non-hydrogen) atoms. The molecule has 0 aliphatic carbocycles. The molecule has 2 aromatic rings. The first kappa shape index (κ1) is 19.6. The van der Waals surface area contributed by atoms with Gasteiger partial charge in [-0.1, -0.05) is 24.9 Å². The molecule has 8 heteroatoms. The number of halogens is 2. The fourth-order valence-electron chi connectivity index (χ4n) is 4.63. The van der Waals surface area contributed by atoms with Crippen molar-refractivity contribution in [3.63, 3.8) is 0 Å².